The molecule has 0 saturated heterocycles. The Kier molecular flexibility index (Phi) is 8.12. The van der Waals surface area contributed by atoms with Gasteiger partial charge in [-0.3, -0.25) is 4.79 Å². The number of carbonyl (C=O) groups excluding carboxylic acids is 1. The number of nitrogens with two attached hydrogens (primary N) is 2. The van der Waals surface area contributed by atoms with Gasteiger partial charge >= 0.3 is 5.97 Å². The van der Waals surface area contributed by atoms with E-state index in [1.165, 1.54) is 42.5 Å². The summed E-state index contributed by atoms with van der Waals surface area (Å²) < 4.78 is 7.97. The molecule has 3 saturated carbocycles. The highest BCUT2D eigenvalue weighted by atomic mass is 16.5. The van der Waals surface area contributed by atoms with E-state index in [9.17, 15) is 4.79 Å². The standard InChI is InChI=1S/C34H49N5O2/c1-33-17-15-25(41-32(40)30(36)10-6-7-19-35)20-24(33)11-12-26-27-13-14-29(34(27,2)18-16-28(26)33)31-22-39(38-37-31)21-23-8-4-3-5-9-23/h3-5,8-9,11,22,25-30H,6-7,10,12-21,35-36H2,1-2H3/t25?,26?,27?,28?,29?,30-,33?,34?/m0/s1. The highest BCUT2D eigenvalue weighted by Crippen LogP contribution is 2.67. The Morgan fingerprint density at radius 3 is 2.73 bits per heavy atom. The van der Waals surface area contributed by atoms with Crippen LogP contribution in [0.4, 0.5) is 0 Å². The summed E-state index contributed by atoms with van der Waals surface area (Å²) in [5.41, 5.74) is 16.2. The zero-order valence-electron chi connectivity index (χ0n) is 25.0. The number of hydrogen-bond donors (Lipinski definition) is 2. The van der Waals surface area contributed by atoms with E-state index >= 15 is 0 Å². The predicted octanol–water partition coefficient (Wildman–Crippen LogP) is 5.74. The minimum absolute atomic E-state index is 0.0397. The van der Waals surface area contributed by atoms with E-state index in [1.807, 2.05) is 4.68 Å². The molecule has 0 bridgehead atoms. The van der Waals surface area contributed by atoms with Gasteiger partial charge in [-0.25, -0.2) is 4.68 Å². The Morgan fingerprint density at radius 1 is 1.10 bits per heavy atom. The number of carbonyl (C=O) groups is 1. The van der Waals surface area contributed by atoms with Gasteiger partial charge in [-0.2, -0.15) is 0 Å². The molecule has 6 rings (SSSR count). The molecule has 7 nitrogen and oxygen atoms in total. The molecule has 4 N–H and O–H groups in total. The maximum Gasteiger partial charge on any atom is 0.323 e. The fraction of sp³-hybridized carbons (Fsp3) is 0.676. The van der Waals surface area contributed by atoms with E-state index in [0.717, 1.165) is 56.9 Å². The van der Waals surface area contributed by atoms with E-state index in [2.05, 4.69) is 61.7 Å². The van der Waals surface area contributed by atoms with E-state index in [0.29, 0.717) is 24.8 Å². The molecular weight excluding hydrogens is 510 g/mol. The van der Waals surface area contributed by atoms with Crippen LogP contribution in [0.25, 0.3) is 0 Å². The summed E-state index contributed by atoms with van der Waals surface area (Å²) in [5.74, 6) is 2.41. The molecular formula is C34H49N5O2. The van der Waals surface area contributed by atoms with Crippen LogP contribution in [0.2, 0.25) is 0 Å². The van der Waals surface area contributed by atoms with Crippen molar-refractivity contribution in [2.45, 2.75) is 109 Å². The molecule has 0 aliphatic heterocycles. The molecule has 7 unspecified atom stereocenters. The molecule has 7 heteroatoms. The minimum Gasteiger partial charge on any atom is -0.461 e. The number of hydrogen-bond acceptors (Lipinski definition) is 6. The SMILES string of the molecule is CC12CCC(OC(=O)[C@@H](N)CCCCN)CC1=CCC1C2CCC2(C)C(c3cn(Cc4ccccc4)nn3)CCC12. The van der Waals surface area contributed by atoms with Gasteiger partial charge in [0.2, 0.25) is 0 Å². The second-order valence-corrected chi connectivity index (χ2v) is 14.0. The molecule has 0 amide bonds. The average molecular weight is 560 g/mol. The summed E-state index contributed by atoms with van der Waals surface area (Å²) in [5, 5.41) is 9.26. The van der Waals surface area contributed by atoms with Crippen molar-refractivity contribution in [3.63, 3.8) is 0 Å². The third-order valence-electron chi connectivity index (χ3n) is 11.7. The first kappa shape index (κ1) is 28.6. The van der Waals surface area contributed by atoms with Gasteiger partial charge in [0.1, 0.15) is 12.1 Å². The van der Waals surface area contributed by atoms with Crippen LogP contribution in [0.1, 0.15) is 102 Å². The average Bonchev–Trinajstić information content (AvgIpc) is 3.57. The lowest BCUT2D eigenvalue weighted by Crippen LogP contribution is -2.50. The molecule has 4 aliphatic carbocycles. The smallest absolute Gasteiger partial charge is 0.323 e. The lowest BCUT2D eigenvalue weighted by molar-refractivity contribution is -0.153. The van der Waals surface area contributed by atoms with Crippen molar-refractivity contribution in [1.29, 1.82) is 0 Å². The largest absolute Gasteiger partial charge is 0.461 e. The molecule has 0 spiro atoms. The van der Waals surface area contributed by atoms with Crippen molar-refractivity contribution in [3.05, 3.63) is 59.4 Å². The van der Waals surface area contributed by atoms with Crippen molar-refractivity contribution in [2.75, 3.05) is 6.54 Å². The second-order valence-electron chi connectivity index (χ2n) is 14.0. The summed E-state index contributed by atoms with van der Waals surface area (Å²) in [4.78, 5) is 12.7. The Morgan fingerprint density at radius 2 is 1.93 bits per heavy atom. The quantitative estimate of drug-likeness (QED) is 0.230. The number of nitrogens with zero attached hydrogens (tertiary/aromatic N) is 3. The third-order valence-corrected chi connectivity index (χ3v) is 11.7. The van der Waals surface area contributed by atoms with Crippen LogP contribution in [0.3, 0.4) is 0 Å². The van der Waals surface area contributed by atoms with Gasteiger partial charge in [0, 0.05) is 18.5 Å². The van der Waals surface area contributed by atoms with Crippen LogP contribution in [-0.4, -0.2) is 39.7 Å². The summed E-state index contributed by atoms with van der Waals surface area (Å²) in [7, 11) is 0. The van der Waals surface area contributed by atoms with Crippen LogP contribution in [0.15, 0.2) is 48.2 Å². The molecule has 4 aliphatic rings. The van der Waals surface area contributed by atoms with Gasteiger partial charge < -0.3 is 16.2 Å². The Balaban J connectivity index is 1.11. The number of unbranched alkanes of at least 4 members (excludes halogenated alkanes) is 1. The highest BCUT2D eigenvalue weighted by molar-refractivity contribution is 5.75. The number of benzene rings is 1. The monoisotopic (exact) mass is 559 g/mol. The maximum atomic E-state index is 12.7. The van der Waals surface area contributed by atoms with Gasteiger partial charge in [0.05, 0.1) is 12.2 Å². The zero-order chi connectivity index (χ0) is 28.6. The van der Waals surface area contributed by atoms with E-state index < -0.39 is 6.04 Å². The highest BCUT2D eigenvalue weighted by Gasteiger charge is 2.59. The number of fused-ring (bicyclic) bond motifs is 5. The molecule has 0 radical (unpaired) electrons. The maximum absolute atomic E-state index is 12.7. The fourth-order valence-electron chi connectivity index (χ4n) is 9.41. The first-order valence-corrected chi connectivity index (χ1v) is 16.1. The van der Waals surface area contributed by atoms with Crippen LogP contribution in [0.5, 0.6) is 0 Å². The van der Waals surface area contributed by atoms with E-state index in [1.54, 1.807) is 0 Å². The van der Waals surface area contributed by atoms with Crippen LogP contribution in [-0.2, 0) is 16.1 Å². The normalized spacial score (nSPS) is 35.1. The third kappa shape index (κ3) is 5.40. The van der Waals surface area contributed by atoms with Gasteiger partial charge in [0.15, 0.2) is 0 Å². The summed E-state index contributed by atoms with van der Waals surface area (Å²) in [6.07, 6.45) is 16.2. The van der Waals surface area contributed by atoms with Gasteiger partial charge in [0.25, 0.3) is 0 Å². The molecule has 1 aromatic heterocycles. The number of rotatable bonds is 9. The van der Waals surface area contributed by atoms with E-state index in [-0.39, 0.29) is 22.9 Å². The summed E-state index contributed by atoms with van der Waals surface area (Å²) >= 11 is 0. The number of aromatic nitrogens is 3. The zero-order valence-corrected chi connectivity index (χ0v) is 25.0. The molecule has 2 aromatic rings. The lowest BCUT2D eigenvalue weighted by Gasteiger charge is -2.58. The van der Waals surface area contributed by atoms with Gasteiger partial charge in [-0.15, -0.1) is 5.10 Å². The van der Waals surface area contributed by atoms with Crippen molar-refractivity contribution < 1.29 is 9.53 Å². The molecule has 3 fully saturated rings. The van der Waals surface area contributed by atoms with Crippen molar-refractivity contribution in [1.82, 2.24) is 15.0 Å². The number of allylic oxidation sites excluding steroid dienone is 1. The predicted molar refractivity (Wildman–Crippen MR) is 161 cm³/mol. The van der Waals surface area contributed by atoms with Crippen LogP contribution >= 0.6 is 0 Å². The van der Waals surface area contributed by atoms with Crippen LogP contribution < -0.4 is 11.5 Å². The topological polar surface area (TPSA) is 109 Å². The first-order chi connectivity index (χ1) is 19.8. The Hall–Kier alpha value is -2.51. The molecule has 1 aromatic carbocycles. The fourth-order valence-corrected chi connectivity index (χ4v) is 9.41. The molecule has 1 heterocycles. The molecule has 8 atom stereocenters. The lowest BCUT2D eigenvalue weighted by atomic mass is 9.47. The second kappa shape index (κ2) is 11.6. The molecule has 41 heavy (non-hydrogen) atoms. The Labute approximate surface area is 245 Å². The van der Waals surface area contributed by atoms with Crippen molar-refractivity contribution in [3.8, 4) is 0 Å². The van der Waals surface area contributed by atoms with Crippen molar-refractivity contribution in [2.24, 2.45) is 40.1 Å². The molecule has 222 valence electrons. The minimum atomic E-state index is -0.536. The summed E-state index contributed by atoms with van der Waals surface area (Å²) in [6, 6.07) is 9.99. The van der Waals surface area contributed by atoms with E-state index in [4.69, 9.17) is 21.3 Å². The van der Waals surface area contributed by atoms with Crippen molar-refractivity contribution >= 4 is 5.97 Å². The first-order valence-electron chi connectivity index (χ1n) is 16.1. The Bertz CT molecular complexity index is 1240. The number of ether oxygens (including phenoxy) is 1. The van der Waals surface area contributed by atoms with Gasteiger partial charge in [-0.05, 0) is 98.5 Å². The van der Waals surface area contributed by atoms with Crippen LogP contribution in [0, 0.1) is 28.6 Å². The number of esters is 1. The summed E-state index contributed by atoms with van der Waals surface area (Å²) in [6.45, 7) is 6.47. The van der Waals surface area contributed by atoms with Gasteiger partial charge in [-0.1, -0.05) is 67.5 Å².